The predicted octanol–water partition coefficient (Wildman–Crippen LogP) is 1.21. The first kappa shape index (κ1) is 14.1. The van der Waals surface area contributed by atoms with Gasteiger partial charge >= 0.3 is 6.03 Å². The van der Waals surface area contributed by atoms with E-state index >= 15 is 0 Å². The molecule has 1 aromatic rings. The van der Waals surface area contributed by atoms with Crippen LogP contribution in [0.1, 0.15) is 24.5 Å². The highest BCUT2D eigenvalue weighted by Gasteiger charge is 1.98. The monoisotopic (exact) mass is 245 g/mol. The van der Waals surface area contributed by atoms with Crippen molar-refractivity contribution in [2.24, 2.45) is 5.73 Å². The zero-order valence-corrected chi connectivity index (χ0v) is 10.6. The van der Waals surface area contributed by atoms with Gasteiger partial charge in [-0.15, -0.1) is 0 Å². The Labute approximate surface area is 108 Å². The lowest BCUT2D eigenvalue weighted by Crippen LogP contribution is -2.35. The van der Waals surface area contributed by atoms with E-state index in [1.807, 2.05) is 31.2 Å². The summed E-state index contributed by atoms with van der Waals surface area (Å²) in [6, 6.07) is 7.60. The summed E-state index contributed by atoms with van der Waals surface area (Å²) in [5, 5.41) is 5.55. The molecule has 0 fully saturated rings. The number of nitrogens with one attached hydrogen (secondary N) is 2. The molecular weight excluding hydrogens is 226 g/mol. The summed E-state index contributed by atoms with van der Waals surface area (Å²) in [4.78, 5) is 11.3. The van der Waals surface area contributed by atoms with E-state index < -0.39 is 0 Å². The molecule has 4 heteroatoms. The Hall–Kier alpha value is -1.99. The van der Waals surface area contributed by atoms with Gasteiger partial charge in [-0.1, -0.05) is 30.9 Å². The Kier molecular flexibility index (Phi) is 6.37. The van der Waals surface area contributed by atoms with Crippen molar-refractivity contribution in [2.45, 2.75) is 19.9 Å². The van der Waals surface area contributed by atoms with Crippen molar-refractivity contribution in [2.75, 3.05) is 13.1 Å². The number of carbonyl (C=O) groups excluding carboxylic acids is 1. The van der Waals surface area contributed by atoms with Gasteiger partial charge in [-0.2, -0.15) is 0 Å². The molecule has 0 aromatic heterocycles. The van der Waals surface area contributed by atoms with Crippen molar-refractivity contribution in [3.8, 4) is 11.8 Å². The molecule has 0 unspecified atom stereocenters. The highest BCUT2D eigenvalue weighted by molar-refractivity contribution is 5.73. The maximum atomic E-state index is 11.3. The number of benzene rings is 1. The molecule has 0 atom stereocenters. The van der Waals surface area contributed by atoms with Crippen LogP contribution in [0.4, 0.5) is 4.79 Å². The standard InChI is InChI=1S/C14H19N3O/c1-2-10-16-14(18)17-11-13-7-5-12(6-8-13)4-3-9-15/h5-8H,2,9-11,15H2,1H3,(H2,16,17,18). The van der Waals surface area contributed by atoms with E-state index in [1.165, 1.54) is 0 Å². The summed E-state index contributed by atoms with van der Waals surface area (Å²) < 4.78 is 0. The molecule has 0 radical (unpaired) electrons. The van der Waals surface area contributed by atoms with Crippen LogP contribution in [0.2, 0.25) is 0 Å². The highest BCUT2D eigenvalue weighted by atomic mass is 16.2. The zero-order chi connectivity index (χ0) is 13.2. The molecule has 0 spiro atoms. The molecule has 4 nitrogen and oxygen atoms in total. The van der Waals surface area contributed by atoms with Crippen LogP contribution >= 0.6 is 0 Å². The molecule has 0 aliphatic carbocycles. The van der Waals surface area contributed by atoms with Crippen LogP contribution in [0.5, 0.6) is 0 Å². The molecule has 4 N–H and O–H groups in total. The lowest BCUT2D eigenvalue weighted by atomic mass is 10.1. The van der Waals surface area contributed by atoms with E-state index in [1.54, 1.807) is 0 Å². The minimum atomic E-state index is -0.135. The molecule has 1 rings (SSSR count). The Bertz CT molecular complexity index is 429. The molecule has 96 valence electrons. The normalized spacial score (nSPS) is 9.22. The molecule has 0 aliphatic rings. The molecule has 0 heterocycles. The molecule has 0 saturated carbocycles. The van der Waals surface area contributed by atoms with Crippen molar-refractivity contribution >= 4 is 6.03 Å². The van der Waals surface area contributed by atoms with Crippen LogP contribution in [0, 0.1) is 11.8 Å². The van der Waals surface area contributed by atoms with Crippen LogP contribution in [0.25, 0.3) is 0 Å². The van der Waals surface area contributed by atoms with Gasteiger partial charge in [0, 0.05) is 18.7 Å². The highest BCUT2D eigenvalue weighted by Crippen LogP contribution is 2.02. The second kappa shape index (κ2) is 8.15. The Morgan fingerprint density at radius 1 is 1.28 bits per heavy atom. The predicted molar refractivity (Wildman–Crippen MR) is 72.9 cm³/mol. The van der Waals surface area contributed by atoms with Crippen molar-refractivity contribution in [3.63, 3.8) is 0 Å². The Morgan fingerprint density at radius 3 is 2.61 bits per heavy atom. The number of nitrogens with two attached hydrogens (primary N) is 1. The van der Waals surface area contributed by atoms with Crippen LogP contribution < -0.4 is 16.4 Å². The van der Waals surface area contributed by atoms with Gasteiger partial charge in [0.2, 0.25) is 0 Å². The number of hydrogen-bond acceptors (Lipinski definition) is 2. The van der Waals surface area contributed by atoms with Crippen molar-refractivity contribution in [1.82, 2.24) is 10.6 Å². The Balaban J connectivity index is 2.41. The van der Waals surface area contributed by atoms with E-state index in [0.29, 0.717) is 19.6 Å². The first-order chi connectivity index (χ1) is 8.76. The molecule has 0 aliphatic heterocycles. The average molecular weight is 245 g/mol. The number of rotatable bonds is 4. The van der Waals surface area contributed by atoms with Gasteiger partial charge in [0.05, 0.1) is 6.54 Å². The van der Waals surface area contributed by atoms with Crippen LogP contribution in [0.15, 0.2) is 24.3 Å². The molecular formula is C14H19N3O. The third-order valence-electron chi connectivity index (χ3n) is 2.28. The Morgan fingerprint density at radius 2 is 2.00 bits per heavy atom. The summed E-state index contributed by atoms with van der Waals surface area (Å²) in [7, 11) is 0. The fraction of sp³-hybridized carbons (Fsp3) is 0.357. The zero-order valence-electron chi connectivity index (χ0n) is 10.6. The third kappa shape index (κ3) is 5.37. The topological polar surface area (TPSA) is 67.2 Å². The number of carbonyl (C=O) groups is 1. The van der Waals surface area contributed by atoms with Gasteiger partial charge < -0.3 is 16.4 Å². The molecule has 18 heavy (non-hydrogen) atoms. The fourth-order valence-electron chi connectivity index (χ4n) is 1.34. The summed E-state index contributed by atoms with van der Waals surface area (Å²) >= 11 is 0. The van der Waals surface area contributed by atoms with E-state index in [9.17, 15) is 4.79 Å². The SMILES string of the molecule is CCCNC(=O)NCc1ccc(C#CCN)cc1. The number of urea groups is 1. The van der Waals surface area contributed by atoms with Crippen molar-refractivity contribution < 1.29 is 4.79 Å². The first-order valence-corrected chi connectivity index (χ1v) is 6.06. The minimum Gasteiger partial charge on any atom is -0.338 e. The fourth-order valence-corrected chi connectivity index (χ4v) is 1.34. The summed E-state index contributed by atoms with van der Waals surface area (Å²) in [5.41, 5.74) is 7.27. The largest absolute Gasteiger partial charge is 0.338 e. The molecule has 0 bridgehead atoms. The van der Waals surface area contributed by atoms with Crippen LogP contribution in [0.3, 0.4) is 0 Å². The molecule has 2 amide bonds. The smallest absolute Gasteiger partial charge is 0.315 e. The van der Waals surface area contributed by atoms with Gasteiger partial charge in [-0.05, 0) is 24.1 Å². The minimum absolute atomic E-state index is 0.135. The van der Waals surface area contributed by atoms with Crippen molar-refractivity contribution in [1.29, 1.82) is 0 Å². The lowest BCUT2D eigenvalue weighted by molar-refractivity contribution is 0.240. The maximum absolute atomic E-state index is 11.3. The molecule has 0 saturated heterocycles. The second-order valence-electron chi connectivity index (χ2n) is 3.81. The van der Waals surface area contributed by atoms with Gasteiger partial charge in [-0.25, -0.2) is 4.79 Å². The lowest BCUT2D eigenvalue weighted by Gasteiger charge is -2.06. The first-order valence-electron chi connectivity index (χ1n) is 6.06. The van der Waals surface area contributed by atoms with Crippen LogP contribution in [-0.2, 0) is 6.54 Å². The van der Waals surface area contributed by atoms with E-state index in [-0.39, 0.29) is 6.03 Å². The average Bonchev–Trinajstić information content (AvgIpc) is 2.41. The molecule has 1 aromatic carbocycles. The van der Waals surface area contributed by atoms with Gasteiger partial charge in [0.15, 0.2) is 0 Å². The maximum Gasteiger partial charge on any atom is 0.315 e. The summed E-state index contributed by atoms with van der Waals surface area (Å²) in [6.45, 7) is 3.59. The van der Waals surface area contributed by atoms with E-state index in [2.05, 4.69) is 22.5 Å². The van der Waals surface area contributed by atoms with E-state index in [0.717, 1.165) is 17.5 Å². The summed E-state index contributed by atoms with van der Waals surface area (Å²) in [6.07, 6.45) is 0.932. The number of amides is 2. The quantitative estimate of drug-likeness (QED) is 0.698. The van der Waals surface area contributed by atoms with Crippen LogP contribution in [-0.4, -0.2) is 19.1 Å². The third-order valence-corrected chi connectivity index (χ3v) is 2.28. The number of hydrogen-bond donors (Lipinski definition) is 3. The van der Waals surface area contributed by atoms with Crippen molar-refractivity contribution in [3.05, 3.63) is 35.4 Å². The second-order valence-corrected chi connectivity index (χ2v) is 3.81. The van der Waals surface area contributed by atoms with Gasteiger partial charge in [-0.3, -0.25) is 0 Å². The van der Waals surface area contributed by atoms with E-state index in [4.69, 9.17) is 5.73 Å². The van der Waals surface area contributed by atoms with Gasteiger partial charge in [0.25, 0.3) is 0 Å². The summed E-state index contributed by atoms with van der Waals surface area (Å²) in [5.74, 6) is 5.75. The van der Waals surface area contributed by atoms with Gasteiger partial charge in [0.1, 0.15) is 0 Å².